The molecule has 158 valence electrons. The topological polar surface area (TPSA) is 90.3 Å². The molecular weight excluding hydrogens is 412 g/mol. The maximum absolute atomic E-state index is 13.9. The summed E-state index contributed by atoms with van der Waals surface area (Å²) in [4.78, 5) is 12.5. The van der Waals surface area contributed by atoms with Crippen molar-refractivity contribution in [1.82, 2.24) is 9.62 Å². The van der Waals surface area contributed by atoms with Gasteiger partial charge in [0.05, 0.1) is 11.8 Å². The Kier molecular flexibility index (Phi) is 6.80. The van der Waals surface area contributed by atoms with E-state index in [0.717, 1.165) is 12.1 Å². The Hall–Kier alpha value is -2.83. The van der Waals surface area contributed by atoms with E-state index in [1.165, 1.54) is 4.31 Å². The molecule has 0 saturated carbocycles. The van der Waals surface area contributed by atoms with Crippen molar-refractivity contribution in [2.45, 2.75) is 24.6 Å². The molecule has 1 aliphatic rings. The monoisotopic (exact) mass is 433 g/mol. The fourth-order valence-electron chi connectivity index (χ4n) is 3.45. The first kappa shape index (κ1) is 21.9. The summed E-state index contributed by atoms with van der Waals surface area (Å²) in [7, 11) is -3.50. The molecule has 1 N–H and O–H groups in total. The molecule has 2 aromatic rings. The SMILES string of the molecule is N#CC(NC(=O)C1CCN(S(=O)(=O)Cc2ccccc2)CC1)c1ccc(F)cc1F. The normalized spacial score (nSPS) is 16.6. The Morgan fingerprint density at radius 1 is 1.17 bits per heavy atom. The highest BCUT2D eigenvalue weighted by Gasteiger charge is 2.32. The molecule has 0 spiro atoms. The summed E-state index contributed by atoms with van der Waals surface area (Å²) in [6.45, 7) is 0.380. The zero-order valence-corrected chi connectivity index (χ0v) is 16.9. The molecule has 1 amide bonds. The molecule has 3 rings (SSSR count). The van der Waals surface area contributed by atoms with Crippen molar-refractivity contribution >= 4 is 15.9 Å². The summed E-state index contributed by atoms with van der Waals surface area (Å²) < 4.78 is 53.6. The van der Waals surface area contributed by atoms with Crippen LogP contribution in [-0.4, -0.2) is 31.7 Å². The Balaban J connectivity index is 1.59. The summed E-state index contributed by atoms with van der Waals surface area (Å²) in [5, 5.41) is 11.8. The number of rotatable bonds is 6. The number of benzene rings is 2. The lowest BCUT2D eigenvalue weighted by Gasteiger charge is -2.31. The van der Waals surface area contributed by atoms with Gasteiger partial charge in [0.1, 0.15) is 17.7 Å². The summed E-state index contributed by atoms with van der Waals surface area (Å²) in [5.74, 6) is -2.74. The number of sulfonamides is 1. The van der Waals surface area contributed by atoms with E-state index >= 15 is 0 Å². The zero-order chi connectivity index (χ0) is 21.7. The highest BCUT2D eigenvalue weighted by Crippen LogP contribution is 2.24. The number of nitrogens with one attached hydrogen (secondary N) is 1. The van der Waals surface area contributed by atoms with Crippen LogP contribution in [0.1, 0.15) is 30.0 Å². The average molecular weight is 433 g/mol. The number of hydrogen-bond donors (Lipinski definition) is 1. The summed E-state index contributed by atoms with van der Waals surface area (Å²) in [6.07, 6.45) is 0.591. The molecule has 2 aromatic carbocycles. The first-order valence-corrected chi connectivity index (χ1v) is 11.1. The van der Waals surface area contributed by atoms with Gasteiger partial charge in [-0.1, -0.05) is 36.4 Å². The van der Waals surface area contributed by atoms with Crippen molar-refractivity contribution in [3.63, 3.8) is 0 Å². The van der Waals surface area contributed by atoms with E-state index < -0.39 is 39.5 Å². The fraction of sp³-hybridized carbons (Fsp3) is 0.333. The van der Waals surface area contributed by atoms with Gasteiger partial charge >= 0.3 is 0 Å². The quantitative estimate of drug-likeness (QED) is 0.759. The molecule has 0 radical (unpaired) electrons. The molecular formula is C21H21F2N3O3S. The molecule has 6 nitrogen and oxygen atoms in total. The predicted molar refractivity (Wildman–Crippen MR) is 106 cm³/mol. The predicted octanol–water partition coefficient (Wildman–Crippen LogP) is 2.89. The minimum absolute atomic E-state index is 0.106. The Bertz CT molecular complexity index is 1050. The lowest BCUT2D eigenvalue weighted by Crippen LogP contribution is -2.44. The van der Waals surface area contributed by atoms with Gasteiger partial charge < -0.3 is 5.32 Å². The molecule has 0 aliphatic carbocycles. The van der Waals surface area contributed by atoms with Crippen LogP contribution < -0.4 is 5.32 Å². The van der Waals surface area contributed by atoms with Crippen molar-refractivity contribution in [3.05, 3.63) is 71.3 Å². The van der Waals surface area contributed by atoms with E-state index in [9.17, 15) is 27.3 Å². The maximum atomic E-state index is 13.9. The third kappa shape index (κ3) is 5.20. The number of amides is 1. The van der Waals surface area contributed by atoms with Crippen molar-refractivity contribution < 1.29 is 22.0 Å². The van der Waals surface area contributed by atoms with Crippen molar-refractivity contribution in [2.75, 3.05) is 13.1 Å². The van der Waals surface area contributed by atoms with Gasteiger partial charge in [0.2, 0.25) is 15.9 Å². The molecule has 1 heterocycles. The van der Waals surface area contributed by atoms with Gasteiger partial charge in [-0.05, 0) is 24.5 Å². The highest BCUT2D eigenvalue weighted by molar-refractivity contribution is 7.88. The molecule has 0 aromatic heterocycles. The smallest absolute Gasteiger partial charge is 0.224 e. The summed E-state index contributed by atoms with van der Waals surface area (Å²) in [6, 6.07) is 12.2. The van der Waals surface area contributed by atoms with Crippen LogP contribution in [0.5, 0.6) is 0 Å². The Morgan fingerprint density at radius 3 is 2.43 bits per heavy atom. The minimum Gasteiger partial charge on any atom is -0.336 e. The van der Waals surface area contributed by atoms with Gasteiger partial charge in [0.15, 0.2) is 0 Å². The number of nitriles is 1. The van der Waals surface area contributed by atoms with E-state index in [0.29, 0.717) is 24.5 Å². The van der Waals surface area contributed by atoms with E-state index in [4.69, 9.17) is 0 Å². The van der Waals surface area contributed by atoms with Crippen LogP contribution in [0.15, 0.2) is 48.5 Å². The van der Waals surface area contributed by atoms with E-state index in [1.54, 1.807) is 24.3 Å². The van der Waals surface area contributed by atoms with Crippen molar-refractivity contribution in [3.8, 4) is 6.07 Å². The standard InChI is InChI=1S/C21H21F2N3O3S/c22-17-6-7-18(19(23)12-17)20(13-24)25-21(27)16-8-10-26(11-9-16)30(28,29)14-15-4-2-1-3-5-15/h1-7,12,16,20H,8-11,14H2,(H,25,27). The van der Waals surface area contributed by atoms with Crippen molar-refractivity contribution in [2.24, 2.45) is 5.92 Å². The van der Waals surface area contributed by atoms with Gasteiger partial charge in [-0.3, -0.25) is 4.79 Å². The van der Waals surface area contributed by atoms with Crippen LogP contribution in [0.4, 0.5) is 8.78 Å². The largest absolute Gasteiger partial charge is 0.336 e. The van der Waals surface area contributed by atoms with Gasteiger partial charge in [0, 0.05) is 30.6 Å². The number of carbonyl (C=O) groups excluding carboxylic acids is 1. The summed E-state index contributed by atoms with van der Waals surface area (Å²) >= 11 is 0. The van der Waals surface area contributed by atoms with Crippen LogP contribution in [-0.2, 0) is 20.6 Å². The van der Waals surface area contributed by atoms with Crippen LogP contribution in [0.25, 0.3) is 0 Å². The first-order chi connectivity index (χ1) is 14.3. The lowest BCUT2D eigenvalue weighted by molar-refractivity contribution is -0.126. The number of piperidine rings is 1. The Labute approximate surface area is 174 Å². The van der Waals surface area contributed by atoms with Crippen LogP contribution in [0.2, 0.25) is 0 Å². The van der Waals surface area contributed by atoms with Gasteiger partial charge in [-0.25, -0.2) is 21.5 Å². The molecule has 9 heteroatoms. The second kappa shape index (κ2) is 9.32. The van der Waals surface area contributed by atoms with Gasteiger partial charge in [0.25, 0.3) is 0 Å². The number of hydrogen-bond acceptors (Lipinski definition) is 4. The molecule has 1 aliphatic heterocycles. The second-order valence-corrected chi connectivity index (χ2v) is 9.12. The molecule has 1 saturated heterocycles. The van der Waals surface area contributed by atoms with Crippen LogP contribution in [0.3, 0.4) is 0 Å². The minimum atomic E-state index is -3.50. The van der Waals surface area contributed by atoms with E-state index in [-0.39, 0.29) is 24.4 Å². The Morgan fingerprint density at radius 2 is 1.83 bits per heavy atom. The third-order valence-electron chi connectivity index (χ3n) is 5.10. The van der Waals surface area contributed by atoms with Gasteiger partial charge in [-0.2, -0.15) is 5.26 Å². The third-order valence-corrected chi connectivity index (χ3v) is 6.95. The average Bonchev–Trinajstić information content (AvgIpc) is 2.73. The fourth-order valence-corrected chi connectivity index (χ4v) is 5.01. The van der Waals surface area contributed by atoms with Crippen molar-refractivity contribution in [1.29, 1.82) is 5.26 Å². The first-order valence-electron chi connectivity index (χ1n) is 9.47. The molecule has 1 atom stereocenters. The van der Waals surface area contributed by atoms with Crippen LogP contribution in [0, 0.1) is 28.9 Å². The van der Waals surface area contributed by atoms with Gasteiger partial charge in [-0.15, -0.1) is 0 Å². The lowest BCUT2D eigenvalue weighted by atomic mass is 9.96. The zero-order valence-electron chi connectivity index (χ0n) is 16.1. The highest BCUT2D eigenvalue weighted by atomic mass is 32.2. The van der Waals surface area contributed by atoms with E-state index in [1.807, 2.05) is 12.1 Å². The maximum Gasteiger partial charge on any atom is 0.224 e. The number of halogens is 2. The number of nitrogens with zero attached hydrogens (tertiary/aromatic N) is 2. The summed E-state index contributed by atoms with van der Waals surface area (Å²) in [5.41, 5.74) is 0.575. The molecule has 1 fully saturated rings. The second-order valence-electron chi connectivity index (χ2n) is 7.15. The number of carbonyl (C=O) groups is 1. The van der Waals surface area contributed by atoms with E-state index in [2.05, 4.69) is 5.32 Å². The molecule has 30 heavy (non-hydrogen) atoms. The van der Waals surface area contributed by atoms with Crippen LogP contribution >= 0.6 is 0 Å². The molecule has 0 bridgehead atoms. The molecule has 1 unspecified atom stereocenters.